The van der Waals surface area contributed by atoms with Crippen molar-refractivity contribution < 1.29 is 5.21 Å². The van der Waals surface area contributed by atoms with Crippen LogP contribution in [0.1, 0.15) is 22.5 Å². The molecule has 2 aromatic rings. The first-order chi connectivity index (χ1) is 9.95. The van der Waals surface area contributed by atoms with E-state index < -0.39 is 0 Å². The number of para-hydroxylation sites is 1. The van der Waals surface area contributed by atoms with Gasteiger partial charge in [-0.2, -0.15) is 0 Å². The molecule has 0 spiro atoms. The van der Waals surface area contributed by atoms with Crippen LogP contribution in [0.3, 0.4) is 0 Å². The van der Waals surface area contributed by atoms with Gasteiger partial charge in [0, 0.05) is 18.4 Å². The summed E-state index contributed by atoms with van der Waals surface area (Å²) in [6.45, 7) is 5.84. The van der Waals surface area contributed by atoms with Crippen molar-refractivity contribution in [3.05, 3.63) is 52.8 Å². The van der Waals surface area contributed by atoms with Crippen molar-refractivity contribution in [1.82, 2.24) is 4.98 Å². The molecule has 2 rings (SSSR count). The van der Waals surface area contributed by atoms with Gasteiger partial charge in [0.15, 0.2) is 5.84 Å². The van der Waals surface area contributed by atoms with E-state index >= 15 is 0 Å². The highest BCUT2D eigenvalue weighted by molar-refractivity contribution is 6.04. The Morgan fingerprint density at radius 2 is 1.86 bits per heavy atom. The van der Waals surface area contributed by atoms with Crippen molar-refractivity contribution in [3.63, 3.8) is 0 Å². The molecule has 5 nitrogen and oxygen atoms in total. The van der Waals surface area contributed by atoms with Gasteiger partial charge in [0.05, 0.1) is 16.9 Å². The topological polar surface area (TPSA) is 74.7 Å². The average Bonchev–Trinajstić information content (AvgIpc) is 2.45. The maximum atomic E-state index is 9.03. The predicted molar refractivity (Wildman–Crippen MR) is 85.5 cm³/mol. The highest BCUT2D eigenvalue weighted by Crippen LogP contribution is 2.31. The monoisotopic (exact) mass is 284 g/mol. The van der Waals surface area contributed by atoms with Gasteiger partial charge in [-0.25, -0.2) is 0 Å². The third-order valence-corrected chi connectivity index (χ3v) is 3.51. The summed E-state index contributed by atoms with van der Waals surface area (Å²) in [6.07, 6.45) is 0. The molecule has 0 amide bonds. The maximum absolute atomic E-state index is 9.03. The third kappa shape index (κ3) is 2.81. The third-order valence-electron chi connectivity index (χ3n) is 3.51. The predicted octanol–water partition coefficient (Wildman–Crippen LogP) is 2.87. The lowest BCUT2D eigenvalue weighted by molar-refractivity contribution is 0.318. The lowest BCUT2D eigenvalue weighted by Crippen LogP contribution is -2.22. The molecule has 0 aliphatic rings. The van der Waals surface area contributed by atoms with Crippen LogP contribution < -0.4 is 10.6 Å². The number of nitrogens with two attached hydrogens (primary N) is 1. The van der Waals surface area contributed by atoms with Crippen molar-refractivity contribution >= 4 is 17.2 Å². The number of hydrogen-bond donors (Lipinski definition) is 2. The summed E-state index contributed by atoms with van der Waals surface area (Å²) in [5.74, 6) is 0.0652. The first-order valence-electron chi connectivity index (χ1n) is 6.71. The molecule has 1 aromatic carbocycles. The highest BCUT2D eigenvalue weighted by Gasteiger charge is 2.17. The molecule has 0 aliphatic heterocycles. The van der Waals surface area contributed by atoms with E-state index in [-0.39, 0.29) is 5.84 Å². The Morgan fingerprint density at radius 3 is 2.48 bits per heavy atom. The molecule has 1 heterocycles. The van der Waals surface area contributed by atoms with Crippen molar-refractivity contribution in [1.29, 1.82) is 0 Å². The van der Waals surface area contributed by atoms with Crippen LogP contribution in [0.25, 0.3) is 0 Å². The second-order valence-electron chi connectivity index (χ2n) is 5.07. The number of benzene rings is 1. The van der Waals surface area contributed by atoms with Gasteiger partial charge in [-0.3, -0.25) is 4.98 Å². The number of amidine groups is 1. The molecular weight excluding hydrogens is 264 g/mol. The van der Waals surface area contributed by atoms with Gasteiger partial charge in [0.25, 0.3) is 0 Å². The highest BCUT2D eigenvalue weighted by atomic mass is 16.4. The van der Waals surface area contributed by atoms with Gasteiger partial charge in [-0.1, -0.05) is 23.4 Å². The number of oxime groups is 1. The number of nitrogens with zero attached hydrogens (tertiary/aromatic N) is 3. The zero-order chi connectivity index (χ0) is 15.6. The molecule has 0 saturated heterocycles. The van der Waals surface area contributed by atoms with E-state index in [0.717, 1.165) is 28.3 Å². The molecule has 3 N–H and O–H groups in total. The second kappa shape index (κ2) is 5.83. The van der Waals surface area contributed by atoms with Gasteiger partial charge in [-0.15, -0.1) is 0 Å². The Kier molecular flexibility index (Phi) is 4.12. The Morgan fingerprint density at radius 1 is 1.19 bits per heavy atom. The number of pyridine rings is 1. The lowest BCUT2D eigenvalue weighted by atomic mass is 10.1. The van der Waals surface area contributed by atoms with E-state index in [0.29, 0.717) is 5.56 Å². The molecule has 1 aromatic heterocycles. The first-order valence-corrected chi connectivity index (χ1v) is 6.71. The summed E-state index contributed by atoms with van der Waals surface area (Å²) in [4.78, 5) is 6.44. The molecule has 110 valence electrons. The van der Waals surface area contributed by atoms with E-state index in [1.54, 1.807) is 0 Å². The van der Waals surface area contributed by atoms with E-state index in [4.69, 9.17) is 10.9 Å². The Bertz CT molecular complexity index is 695. The van der Waals surface area contributed by atoms with Gasteiger partial charge in [-0.05, 0) is 38.5 Å². The maximum Gasteiger partial charge on any atom is 0.174 e. The lowest BCUT2D eigenvalue weighted by Gasteiger charge is -2.25. The molecule has 0 unspecified atom stereocenters. The zero-order valence-corrected chi connectivity index (χ0v) is 12.8. The Hall–Kier alpha value is -2.56. The van der Waals surface area contributed by atoms with Crippen LogP contribution >= 0.6 is 0 Å². The number of aryl methyl sites for hydroxylation is 3. The van der Waals surface area contributed by atoms with Crippen LogP contribution in [-0.2, 0) is 0 Å². The van der Waals surface area contributed by atoms with Gasteiger partial charge >= 0.3 is 0 Å². The van der Waals surface area contributed by atoms with Crippen molar-refractivity contribution in [2.75, 3.05) is 11.9 Å². The standard InChI is InChI=1S/C16H20N4O/c1-10-7-5-6-8-13(10)20(4)14-9-11(2)18-12(3)15(14)16(17)19-21/h5-9,21H,1-4H3,(H2,17,19). The molecule has 5 heteroatoms. The normalized spacial score (nSPS) is 11.5. The summed E-state index contributed by atoms with van der Waals surface area (Å²) in [5.41, 5.74) is 11.2. The Labute approximate surface area is 124 Å². The second-order valence-corrected chi connectivity index (χ2v) is 5.07. The minimum atomic E-state index is 0.0652. The number of aromatic nitrogens is 1. The van der Waals surface area contributed by atoms with Gasteiger partial charge in [0.2, 0.25) is 0 Å². The summed E-state index contributed by atoms with van der Waals surface area (Å²) in [7, 11) is 1.96. The molecular formula is C16H20N4O. The minimum Gasteiger partial charge on any atom is -0.409 e. The number of rotatable bonds is 3. The quantitative estimate of drug-likeness (QED) is 0.393. The van der Waals surface area contributed by atoms with Crippen LogP contribution in [0.15, 0.2) is 35.5 Å². The number of hydrogen-bond acceptors (Lipinski definition) is 4. The van der Waals surface area contributed by atoms with Crippen molar-refractivity contribution in [3.8, 4) is 0 Å². The van der Waals surface area contributed by atoms with Crippen LogP contribution in [-0.4, -0.2) is 23.1 Å². The van der Waals surface area contributed by atoms with Crippen molar-refractivity contribution in [2.24, 2.45) is 10.9 Å². The molecule has 0 radical (unpaired) electrons. The number of anilines is 2. The summed E-state index contributed by atoms with van der Waals surface area (Å²) >= 11 is 0. The smallest absolute Gasteiger partial charge is 0.174 e. The van der Waals surface area contributed by atoms with Crippen LogP contribution in [0.4, 0.5) is 11.4 Å². The zero-order valence-electron chi connectivity index (χ0n) is 12.8. The summed E-state index contributed by atoms with van der Waals surface area (Å²) < 4.78 is 0. The molecule has 0 atom stereocenters. The van der Waals surface area contributed by atoms with Crippen LogP contribution in [0.2, 0.25) is 0 Å². The Balaban J connectivity index is 2.65. The van der Waals surface area contributed by atoms with E-state index in [1.165, 1.54) is 0 Å². The fourth-order valence-electron chi connectivity index (χ4n) is 2.51. The van der Waals surface area contributed by atoms with Gasteiger partial charge < -0.3 is 15.8 Å². The van der Waals surface area contributed by atoms with Crippen LogP contribution in [0.5, 0.6) is 0 Å². The SMILES string of the molecule is Cc1cc(N(C)c2ccccc2C)c(/C(N)=N/O)c(C)n1. The van der Waals surface area contributed by atoms with Crippen molar-refractivity contribution in [2.45, 2.75) is 20.8 Å². The average molecular weight is 284 g/mol. The van der Waals surface area contributed by atoms with Crippen LogP contribution in [0, 0.1) is 20.8 Å². The molecule has 21 heavy (non-hydrogen) atoms. The van der Waals surface area contributed by atoms with E-state index in [9.17, 15) is 0 Å². The van der Waals surface area contributed by atoms with Gasteiger partial charge in [0.1, 0.15) is 0 Å². The molecule has 0 fully saturated rings. The first kappa shape index (κ1) is 14.8. The molecule has 0 bridgehead atoms. The molecule has 0 aliphatic carbocycles. The largest absolute Gasteiger partial charge is 0.409 e. The fraction of sp³-hybridized carbons (Fsp3) is 0.250. The minimum absolute atomic E-state index is 0.0652. The fourth-order valence-corrected chi connectivity index (χ4v) is 2.51. The van der Waals surface area contributed by atoms with E-state index in [2.05, 4.69) is 23.1 Å². The van der Waals surface area contributed by atoms with E-state index in [1.807, 2.05) is 50.1 Å². The molecule has 0 saturated carbocycles. The summed E-state index contributed by atoms with van der Waals surface area (Å²) in [5, 5.41) is 12.2. The summed E-state index contributed by atoms with van der Waals surface area (Å²) in [6, 6.07) is 10.0.